The summed E-state index contributed by atoms with van der Waals surface area (Å²) in [4.78, 5) is 14.8. The molecule has 6 heteroatoms. The van der Waals surface area contributed by atoms with Gasteiger partial charge in [-0.1, -0.05) is 18.5 Å². The average Bonchev–Trinajstić information content (AvgIpc) is 3.24. The Morgan fingerprint density at radius 2 is 2.22 bits per heavy atom. The standard InChI is InChI=1S/C17H21ClN4O/c1-2-9-21(16-7-8-19-11-16)17(23)13-10-20-22(12-13)15-5-3-14(18)4-6-15/h3-6,10,12,16,19H,2,7-9,11H2,1H3. The van der Waals surface area contributed by atoms with Gasteiger partial charge in [0.05, 0.1) is 17.4 Å². The van der Waals surface area contributed by atoms with Crippen LogP contribution >= 0.6 is 11.6 Å². The van der Waals surface area contributed by atoms with Gasteiger partial charge in [-0.3, -0.25) is 4.79 Å². The number of amides is 1. The zero-order valence-electron chi connectivity index (χ0n) is 13.2. The molecule has 2 heterocycles. The summed E-state index contributed by atoms with van der Waals surface area (Å²) in [6.07, 6.45) is 5.39. The molecule has 1 N–H and O–H groups in total. The summed E-state index contributed by atoms with van der Waals surface area (Å²) < 4.78 is 1.71. The number of hydrogen-bond acceptors (Lipinski definition) is 3. The highest BCUT2D eigenvalue weighted by molar-refractivity contribution is 6.30. The topological polar surface area (TPSA) is 50.2 Å². The number of carbonyl (C=O) groups is 1. The van der Waals surface area contributed by atoms with Crippen molar-refractivity contribution in [3.63, 3.8) is 0 Å². The highest BCUT2D eigenvalue weighted by atomic mass is 35.5. The minimum absolute atomic E-state index is 0.0563. The second-order valence-electron chi connectivity index (χ2n) is 5.80. The zero-order chi connectivity index (χ0) is 16.2. The molecule has 0 spiro atoms. The Hall–Kier alpha value is -1.85. The molecule has 3 rings (SSSR count). The summed E-state index contributed by atoms with van der Waals surface area (Å²) >= 11 is 5.91. The number of halogens is 1. The summed E-state index contributed by atoms with van der Waals surface area (Å²) in [5.41, 5.74) is 1.51. The van der Waals surface area contributed by atoms with Crippen molar-refractivity contribution in [1.82, 2.24) is 20.0 Å². The minimum Gasteiger partial charge on any atom is -0.334 e. The predicted octanol–water partition coefficient (Wildman–Crippen LogP) is 2.74. The molecule has 1 fully saturated rings. The number of aromatic nitrogens is 2. The van der Waals surface area contributed by atoms with Crippen molar-refractivity contribution >= 4 is 17.5 Å². The Balaban J connectivity index is 1.80. The second-order valence-corrected chi connectivity index (χ2v) is 6.23. The molecule has 0 radical (unpaired) electrons. The van der Waals surface area contributed by atoms with E-state index in [1.165, 1.54) is 0 Å². The first kappa shape index (κ1) is 16.0. The van der Waals surface area contributed by atoms with E-state index in [2.05, 4.69) is 17.3 Å². The van der Waals surface area contributed by atoms with E-state index in [0.29, 0.717) is 10.6 Å². The van der Waals surface area contributed by atoms with Crippen molar-refractivity contribution in [3.05, 3.63) is 47.2 Å². The maximum atomic E-state index is 12.8. The van der Waals surface area contributed by atoms with Crippen molar-refractivity contribution in [2.75, 3.05) is 19.6 Å². The van der Waals surface area contributed by atoms with Gasteiger partial charge in [-0.05, 0) is 43.7 Å². The lowest BCUT2D eigenvalue weighted by Crippen LogP contribution is -2.42. The molecule has 1 atom stereocenters. The van der Waals surface area contributed by atoms with Gasteiger partial charge >= 0.3 is 0 Å². The molecule has 0 aliphatic carbocycles. The maximum Gasteiger partial charge on any atom is 0.257 e. The summed E-state index contributed by atoms with van der Waals surface area (Å²) in [5, 5.41) is 8.32. The van der Waals surface area contributed by atoms with Gasteiger partial charge in [-0.15, -0.1) is 0 Å². The van der Waals surface area contributed by atoms with Gasteiger partial charge in [0.1, 0.15) is 0 Å². The Morgan fingerprint density at radius 3 is 2.87 bits per heavy atom. The van der Waals surface area contributed by atoms with E-state index in [1.54, 1.807) is 17.1 Å². The minimum atomic E-state index is 0.0563. The monoisotopic (exact) mass is 332 g/mol. The van der Waals surface area contributed by atoms with Crippen LogP contribution in [-0.4, -0.2) is 46.3 Å². The fourth-order valence-electron chi connectivity index (χ4n) is 2.93. The Morgan fingerprint density at radius 1 is 1.43 bits per heavy atom. The van der Waals surface area contributed by atoms with Crippen LogP contribution in [0, 0.1) is 0 Å². The van der Waals surface area contributed by atoms with Crippen molar-refractivity contribution in [3.8, 4) is 5.69 Å². The van der Waals surface area contributed by atoms with Crippen LogP contribution in [0.5, 0.6) is 0 Å². The Kier molecular flexibility index (Phi) is 4.98. The van der Waals surface area contributed by atoms with Gasteiger partial charge in [0.2, 0.25) is 0 Å². The molecule has 1 aliphatic rings. The van der Waals surface area contributed by atoms with Crippen molar-refractivity contribution in [2.24, 2.45) is 0 Å². The maximum absolute atomic E-state index is 12.8. The largest absolute Gasteiger partial charge is 0.334 e. The van der Waals surface area contributed by atoms with Crippen LogP contribution in [0.15, 0.2) is 36.7 Å². The first-order valence-electron chi connectivity index (χ1n) is 8.01. The predicted molar refractivity (Wildman–Crippen MR) is 91.2 cm³/mol. The molecule has 1 unspecified atom stereocenters. The van der Waals surface area contributed by atoms with Gasteiger partial charge in [0.15, 0.2) is 0 Å². The number of rotatable bonds is 5. The average molecular weight is 333 g/mol. The molecule has 1 saturated heterocycles. The van der Waals surface area contributed by atoms with Gasteiger partial charge in [0, 0.05) is 30.4 Å². The molecule has 0 saturated carbocycles. The lowest BCUT2D eigenvalue weighted by Gasteiger charge is -2.27. The Labute approximate surface area is 141 Å². The SMILES string of the molecule is CCCN(C(=O)c1cnn(-c2ccc(Cl)cc2)c1)C1CCNC1. The van der Waals surface area contributed by atoms with E-state index in [4.69, 9.17) is 11.6 Å². The van der Waals surface area contributed by atoms with Crippen LogP contribution < -0.4 is 5.32 Å². The number of benzene rings is 1. The lowest BCUT2D eigenvalue weighted by atomic mass is 10.1. The lowest BCUT2D eigenvalue weighted by molar-refractivity contribution is 0.0692. The van der Waals surface area contributed by atoms with Gasteiger partial charge in [0.25, 0.3) is 5.91 Å². The number of nitrogens with one attached hydrogen (secondary N) is 1. The number of nitrogens with zero attached hydrogens (tertiary/aromatic N) is 3. The molecule has 23 heavy (non-hydrogen) atoms. The van der Waals surface area contributed by atoms with E-state index in [1.807, 2.05) is 29.2 Å². The molecule has 1 aromatic heterocycles. The normalized spacial score (nSPS) is 17.4. The Bertz CT molecular complexity index is 661. The number of carbonyl (C=O) groups excluding carboxylic acids is 1. The molecule has 1 amide bonds. The molecule has 1 aliphatic heterocycles. The van der Waals surface area contributed by atoms with Crippen LogP contribution in [0.3, 0.4) is 0 Å². The van der Waals surface area contributed by atoms with Crippen LogP contribution in [0.25, 0.3) is 5.69 Å². The van der Waals surface area contributed by atoms with Gasteiger partial charge in [-0.25, -0.2) is 4.68 Å². The molecular weight excluding hydrogens is 312 g/mol. The molecule has 5 nitrogen and oxygen atoms in total. The third-order valence-corrected chi connectivity index (χ3v) is 4.37. The highest BCUT2D eigenvalue weighted by Crippen LogP contribution is 2.17. The zero-order valence-corrected chi connectivity index (χ0v) is 14.0. The fourth-order valence-corrected chi connectivity index (χ4v) is 3.06. The van der Waals surface area contributed by atoms with Crippen molar-refractivity contribution in [2.45, 2.75) is 25.8 Å². The second kappa shape index (κ2) is 7.15. The molecular formula is C17H21ClN4O. The van der Waals surface area contributed by atoms with E-state index < -0.39 is 0 Å². The molecule has 122 valence electrons. The fraction of sp³-hybridized carbons (Fsp3) is 0.412. The molecule has 0 bridgehead atoms. The van der Waals surface area contributed by atoms with Crippen LogP contribution in [0.4, 0.5) is 0 Å². The first-order valence-corrected chi connectivity index (χ1v) is 8.39. The van der Waals surface area contributed by atoms with E-state index >= 15 is 0 Å². The smallest absolute Gasteiger partial charge is 0.257 e. The van der Waals surface area contributed by atoms with Gasteiger partial charge in [-0.2, -0.15) is 5.10 Å². The quantitative estimate of drug-likeness (QED) is 0.916. The van der Waals surface area contributed by atoms with Crippen LogP contribution in [0.2, 0.25) is 5.02 Å². The summed E-state index contributed by atoms with van der Waals surface area (Å²) in [5.74, 6) is 0.0563. The van der Waals surface area contributed by atoms with E-state index in [9.17, 15) is 4.79 Å². The summed E-state index contributed by atoms with van der Waals surface area (Å²) in [6, 6.07) is 7.67. The van der Waals surface area contributed by atoms with E-state index in [-0.39, 0.29) is 11.9 Å². The van der Waals surface area contributed by atoms with Gasteiger partial charge < -0.3 is 10.2 Å². The van der Waals surface area contributed by atoms with E-state index in [0.717, 1.165) is 38.2 Å². The third kappa shape index (κ3) is 3.57. The van der Waals surface area contributed by atoms with Crippen LogP contribution in [0.1, 0.15) is 30.1 Å². The number of hydrogen-bond donors (Lipinski definition) is 1. The van der Waals surface area contributed by atoms with Crippen molar-refractivity contribution < 1.29 is 4.79 Å². The molecule has 1 aromatic carbocycles. The van der Waals surface area contributed by atoms with Crippen LogP contribution in [-0.2, 0) is 0 Å². The summed E-state index contributed by atoms with van der Waals surface area (Å²) in [6.45, 7) is 4.72. The highest BCUT2D eigenvalue weighted by Gasteiger charge is 2.27. The molecule has 2 aromatic rings. The third-order valence-electron chi connectivity index (χ3n) is 4.12. The van der Waals surface area contributed by atoms with Crippen molar-refractivity contribution in [1.29, 1.82) is 0 Å². The summed E-state index contributed by atoms with van der Waals surface area (Å²) in [7, 11) is 0. The first-order chi connectivity index (χ1) is 11.2.